The van der Waals surface area contributed by atoms with Crippen molar-refractivity contribution in [2.75, 3.05) is 6.54 Å². The van der Waals surface area contributed by atoms with Crippen molar-refractivity contribution in [1.29, 1.82) is 0 Å². The maximum atomic E-state index is 12.3. The molecule has 0 aliphatic rings. The summed E-state index contributed by atoms with van der Waals surface area (Å²) >= 11 is 1.68. The molecule has 0 unspecified atom stereocenters. The van der Waals surface area contributed by atoms with E-state index in [4.69, 9.17) is 5.73 Å². The lowest BCUT2D eigenvalue weighted by atomic mass is 9.92. The predicted octanol–water partition coefficient (Wildman–Crippen LogP) is 3.15. The molecule has 1 amide bonds. The van der Waals surface area contributed by atoms with Crippen LogP contribution in [-0.4, -0.2) is 18.0 Å². The number of nitrogens with two attached hydrogens (primary N) is 1. The highest BCUT2D eigenvalue weighted by Gasteiger charge is 2.26. The smallest absolute Gasteiger partial charge is 0.251 e. The molecule has 19 heavy (non-hydrogen) atoms. The zero-order valence-electron chi connectivity index (χ0n) is 11.4. The number of hydrogen-bond donors (Lipinski definition) is 2. The Hall–Kier alpha value is -1.39. The van der Waals surface area contributed by atoms with Gasteiger partial charge in [-0.25, -0.2) is 0 Å². The molecule has 4 heteroatoms. The van der Waals surface area contributed by atoms with Crippen LogP contribution in [0, 0.1) is 0 Å². The first kappa shape index (κ1) is 14.0. The zero-order valence-corrected chi connectivity index (χ0v) is 12.2. The largest absolute Gasteiger partial charge is 0.345 e. The molecule has 2 rings (SSSR count). The number of benzene rings is 1. The van der Waals surface area contributed by atoms with Crippen LogP contribution >= 0.6 is 11.3 Å². The first-order chi connectivity index (χ1) is 9.14. The van der Waals surface area contributed by atoms with Gasteiger partial charge in [-0.15, -0.1) is 11.3 Å². The van der Waals surface area contributed by atoms with E-state index < -0.39 is 0 Å². The number of carbonyl (C=O) groups excluding carboxylic acids is 1. The van der Waals surface area contributed by atoms with Gasteiger partial charge in [-0.2, -0.15) is 0 Å². The Morgan fingerprint density at radius 2 is 2.05 bits per heavy atom. The molecule has 0 fully saturated rings. The topological polar surface area (TPSA) is 55.1 Å². The minimum atomic E-state index is -0.291. The first-order valence-electron chi connectivity index (χ1n) is 6.64. The monoisotopic (exact) mass is 276 g/mol. The normalized spacial score (nSPS) is 11.7. The molecule has 1 aromatic heterocycles. The van der Waals surface area contributed by atoms with Crippen molar-refractivity contribution in [3.8, 4) is 0 Å². The zero-order chi connectivity index (χ0) is 13.9. The number of thiophene rings is 1. The summed E-state index contributed by atoms with van der Waals surface area (Å²) in [6.45, 7) is 4.57. The number of hydrogen-bond acceptors (Lipinski definition) is 3. The van der Waals surface area contributed by atoms with Gasteiger partial charge in [0.15, 0.2) is 0 Å². The minimum absolute atomic E-state index is 0.0396. The van der Waals surface area contributed by atoms with Crippen LogP contribution in [0.1, 0.15) is 37.0 Å². The van der Waals surface area contributed by atoms with E-state index in [-0.39, 0.29) is 11.4 Å². The SMILES string of the molecule is CCC(CC)(CN)NC(=O)c1ccc2sccc2c1. The Labute approximate surface area is 117 Å². The summed E-state index contributed by atoms with van der Waals surface area (Å²) in [6.07, 6.45) is 1.68. The number of fused-ring (bicyclic) bond motifs is 1. The van der Waals surface area contributed by atoms with Gasteiger partial charge in [0.2, 0.25) is 0 Å². The second-order valence-corrected chi connectivity index (χ2v) is 5.77. The summed E-state index contributed by atoms with van der Waals surface area (Å²) < 4.78 is 1.20. The fraction of sp³-hybridized carbons (Fsp3) is 0.400. The van der Waals surface area contributed by atoms with Crippen molar-refractivity contribution < 1.29 is 4.79 Å². The van der Waals surface area contributed by atoms with Crippen molar-refractivity contribution in [3.05, 3.63) is 35.2 Å². The maximum absolute atomic E-state index is 12.3. The van der Waals surface area contributed by atoms with Gasteiger partial charge in [0.25, 0.3) is 5.91 Å². The predicted molar refractivity (Wildman–Crippen MR) is 81.7 cm³/mol. The van der Waals surface area contributed by atoms with E-state index >= 15 is 0 Å². The molecule has 0 radical (unpaired) electrons. The molecule has 0 bridgehead atoms. The fourth-order valence-electron chi connectivity index (χ4n) is 2.19. The quantitative estimate of drug-likeness (QED) is 0.881. The molecule has 0 aliphatic heterocycles. The molecule has 0 saturated heterocycles. The van der Waals surface area contributed by atoms with Crippen LogP contribution in [0.3, 0.4) is 0 Å². The summed E-state index contributed by atoms with van der Waals surface area (Å²) in [5, 5.41) is 6.24. The van der Waals surface area contributed by atoms with Gasteiger partial charge in [0, 0.05) is 16.8 Å². The third-order valence-electron chi connectivity index (χ3n) is 3.84. The van der Waals surface area contributed by atoms with Gasteiger partial charge < -0.3 is 11.1 Å². The molecule has 1 heterocycles. The molecule has 3 nitrogen and oxygen atoms in total. The molecule has 0 spiro atoms. The van der Waals surface area contributed by atoms with Crippen LogP contribution in [-0.2, 0) is 0 Å². The lowest BCUT2D eigenvalue weighted by molar-refractivity contribution is 0.0895. The first-order valence-corrected chi connectivity index (χ1v) is 7.52. The van der Waals surface area contributed by atoms with Gasteiger partial charge >= 0.3 is 0 Å². The lowest BCUT2D eigenvalue weighted by Crippen LogP contribution is -2.52. The summed E-state index contributed by atoms with van der Waals surface area (Å²) in [4.78, 5) is 12.3. The van der Waals surface area contributed by atoms with E-state index in [0.717, 1.165) is 18.2 Å². The Morgan fingerprint density at radius 1 is 1.32 bits per heavy atom. The molecular formula is C15H20N2OS. The molecule has 0 aliphatic carbocycles. The summed E-state index contributed by atoms with van der Waals surface area (Å²) in [5.74, 6) is -0.0396. The van der Waals surface area contributed by atoms with Crippen LogP contribution < -0.4 is 11.1 Å². The molecular weight excluding hydrogens is 256 g/mol. The summed E-state index contributed by atoms with van der Waals surface area (Å²) in [5.41, 5.74) is 6.22. The summed E-state index contributed by atoms with van der Waals surface area (Å²) in [7, 11) is 0. The van der Waals surface area contributed by atoms with Crippen LogP contribution in [0.5, 0.6) is 0 Å². The van der Waals surface area contributed by atoms with Crippen LogP contribution in [0.15, 0.2) is 29.6 Å². The molecule has 1 aromatic carbocycles. The van der Waals surface area contributed by atoms with E-state index in [1.54, 1.807) is 11.3 Å². The van der Waals surface area contributed by atoms with E-state index in [1.807, 2.05) is 29.6 Å². The van der Waals surface area contributed by atoms with E-state index in [1.165, 1.54) is 4.70 Å². The minimum Gasteiger partial charge on any atom is -0.345 e. The average Bonchev–Trinajstić information content (AvgIpc) is 2.92. The standard InChI is InChI=1S/C15H20N2OS/c1-3-15(4-2,10-16)17-14(18)12-5-6-13-11(9-12)7-8-19-13/h5-9H,3-4,10,16H2,1-2H3,(H,17,18). The molecule has 102 valence electrons. The van der Waals surface area contributed by atoms with Crippen LogP contribution in [0.2, 0.25) is 0 Å². The van der Waals surface area contributed by atoms with E-state index in [0.29, 0.717) is 12.1 Å². The fourth-order valence-corrected chi connectivity index (χ4v) is 2.96. The van der Waals surface area contributed by atoms with Crippen LogP contribution in [0.4, 0.5) is 0 Å². The molecule has 2 aromatic rings. The Kier molecular flexibility index (Phi) is 4.22. The number of carbonyl (C=O) groups is 1. The second kappa shape index (κ2) is 5.72. The number of amides is 1. The van der Waals surface area contributed by atoms with E-state index in [9.17, 15) is 4.79 Å². The van der Waals surface area contributed by atoms with Crippen molar-refractivity contribution in [3.63, 3.8) is 0 Å². The second-order valence-electron chi connectivity index (χ2n) is 4.82. The van der Waals surface area contributed by atoms with Crippen LogP contribution in [0.25, 0.3) is 10.1 Å². The number of nitrogens with one attached hydrogen (secondary N) is 1. The molecule has 0 saturated carbocycles. The van der Waals surface area contributed by atoms with Gasteiger partial charge in [-0.1, -0.05) is 13.8 Å². The average molecular weight is 276 g/mol. The van der Waals surface area contributed by atoms with Gasteiger partial charge in [0.05, 0.1) is 5.54 Å². The van der Waals surface area contributed by atoms with Crippen molar-refractivity contribution in [1.82, 2.24) is 5.32 Å². The highest BCUT2D eigenvalue weighted by atomic mass is 32.1. The van der Waals surface area contributed by atoms with Crippen molar-refractivity contribution in [2.45, 2.75) is 32.2 Å². The van der Waals surface area contributed by atoms with Gasteiger partial charge in [-0.3, -0.25) is 4.79 Å². The van der Waals surface area contributed by atoms with Crippen molar-refractivity contribution >= 4 is 27.3 Å². The molecule has 0 atom stereocenters. The maximum Gasteiger partial charge on any atom is 0.251 e. The molecule has 3 N–H and O–H groups in total. The Bertz CT molecular complexity index is 564. The Morgan fingerprint density at radius 3 is 2.68 bits per heavy atom. The highest BCUT2D eigenvalue weighted by Crippen LogP contribution is 2.22. The van der Waals surface area contributed by atoms with Gasteiger partial charge in [0.1, 0.15) is 0 Å². The third kappa shape index (κ3) is 2.80. The summed E-state index contributed by atoms with van der Waals surface area (Å²) in [6, 6.07) is 7.85. The van der Waals surface area contributed by atoms with E-state index in [2.05, 4.69) is 19.2 Å². The highest BCUT2D eigenvalue weighted by molar-refractivity contribution is 7.17. The van der Waals surface area contributed by atoms with Crippen molar-refractivity contribution in [2.24, 2.45) is 5.73 Å². The van der Waals surface area contributed by atoms with Gasteiger partial charge in [-0.05, 0) is 47.9 Å². The lowest BCUT2D eigenvalue weighted by Gasteiger charge is -2.31. The number of rotatable bonds is 5. The Balaban J connectivity index is 2.23. The third-order valence-corrected chi connectivity index (χ3v) is 4.74.